The van der Waals surface area contributed by atoms with Crippen molar-refractivity contribution in [3.8, 4) is 0 Å². The summed E-state index contributed by atoms with van der Waals surface area (Å²) < 4.78 is 0. The Morgan fingerprint density at radius 2 is 1.75 bits per heavy atom. The predicted octanol–water partition coefficient (Wildman–Crippen LogP) is 3.50. The van der Waals surface area contributed by atoms with E-state index in [1.807, 2.05) is 0 Å². The third-order valence-corrected chi connectivity index (χ3v) is 4.05. The molecule has 16 heavy (non-hydrogen) atoms. The van der Waals surface area contributed by atoms with Crippen molar-refractivity contribution in [3.05, 3.63) is 35.9 Å². The quantitative estimate of drug-likeness (QED) is 0.769. The van der Waals surface area contributed by atoms with Gasteiger partial charge in [-0.3, -0.25) is 0 Å². The van der Waals surface area contributed by atoms with E-state index in [1.54, 1.807) is 0 Å². The first kappa shape index (κ1) is 11.7. The Bertz CT molecular complexity index is 309. The van der Waals surface area contributed by atoms with Crippen LogP contribution >= 0.6 is 0 Å². The molecule has 88 valence electrons. The monoisotopic (exact) mass is 217 g/mol. The predicted molar refractivity (Wildman–Crippen MR) is 69.7 cm³/mol. The van der Waals surface area contributed by atoms with Crippen molar-refractivity contribution in [2.75, 3.05) is 6.54 Å². The molecule has 1 N–H and O–H groups in total. The zero-order valence-corrected chi connectivity index (χ0v) is 10.5. The Morgan fingerprint density at radius 3 is 2.25 bits per heavy atom. The van der Waals surface area contributed by atoms with Crippen LogP contribution in [0.4, 0.5) is 0 Å². The lowest BCUT2D eigenvalue weighted by atomic mass is 9.76. The molecule has 1 aromatic rings. The molecule has 1 nitrogen and oxygen atoms in total. The summed E-state index contributed by atoms with van der Waals surface area (Å²) in [5.41, 5.74) is 1.83. The summed E-state index contributed by atoms with van der Waals surface area (Å²) in [5.74, 6) is 0. The van der Waals surface area contributed by atoms with E-state index in [4.69, 9.17) is 0 Å². The van der Waals surface area contributed by atoms with Crippen LogP contribution in [-0.4, -0.2) is 12.6 Å². The number of hydrogen-bond acceptors (Lipinski definition) is 1. The maximum Gasteiger partial charge on any atom is 0.00726 e. The lowest BCUT2D eigenvalue weighted by Crippen LogP contribution is -2.38. The van der Waals surface area contributed by atoms with E-state index in [0.717, 1.165) is 12.6 Å². The van der Waals surface area contributed by atoms with Gasteiger partial charge in [-0.25, -0.2) is 0 Å². The van der Waals surface area contributed by atoms with Gasteiger partial charge in [-0.1, -0.05) is 44.2 Å². The third kappa shape index (κ3) is 2.46. The summed E-state index contributed by atoms with van der Waals surface area (Å²) in [4.78, 5) is 0. The van der Waals surface area contributed by atoms with Gasteiger partial charge in [-0.15, -0.1) is 0 Å². The zero-order valence-electron chi connectivity index (χ0n) is 10.5. The van der Waals surface area contributed by atoms with E-state index in [0.29, 0.717) is 5.41 Å². The molecule has 1 heteroatoms. The van der Waals surface area contributed by atoms with Crippen LogP contribution in [0.2, 0.25) is 0 Å². The molecule has 0 saturated heterocycles. The molecule has 1 fully saturated rings. The van der Waals surface area contributed by atoms with Crippen LogP contribution in [0.5, 0.6) is 0 Å². The Morgan fingerprint density at radius 1 is 1.12 bits per heavy atom. The molecule has 0 radical (unpaired) electrons. The Labute approximate surface area is 99.3 Å². The summed E-state index contributed by atoms with van der Waals surface area (Å²) in [6.45, 7) is 5.75. The molecule has 1 aliphatic rings. The maximum absolute atomic E-state index is 3.70. The van der Waals surface area contributed by atoms with Gasteiger partial charge < -0.3 is 5.32 Å². The smallest absolute Gasteiger partial charge is 0.00726 e. The van der Waals surface area contributed by atoms with Crippen LogP contribution in [0.1, 0.15) is 45.1 Å². The molecule has 2 rings (SSSR count). The fourth-order valence-electron chi connectivity index (χ4n) is 2.43. The molecular formula is C15H23N. The van der Waals surface area contributed by atoms with Crippen LogP contribution in [0.3, 0.4) is 0 Å². The van der Waals surface area contributed by atoms with Crippen molar-refractivity contribution in [1.29, 1.82) is 0 Å². The minimum Gasteiger partial charge on any atom is -0.313 e. The molecule has 0 unspecified atom stereocenters. The van der Waals surface area contributed by atoms with Crippen molar-refractivity contribution in [3.63, 3.8) is 0 Å². The van der Waals surface area contributed by atoms with Gasteiger partial charge >= 0.3 is 0 Å². The minimum atomic E-state index is 0.337. The van der Waals surface area contributed by atoms with E-state index >= 15 is 0 Å². The van der Waals surface area contributed by atoms with Gasteiger partial charge in [0.25, 0.3) is 0 Å². The molecule has 0 heterocycles. The van der Waals surface area contributed by atoms with Gasteiger partial charge in [0.1, 0.15) is 0 Å². The Hall–Kier alpha value is -0.820. The fourth-order valence-corrected chi connectivity index (χ4v) is 2.43. The van der Waals surface area contributed by atoms with Gasteiger partial charge in [0.15, 0.2) is 0 Å². The highest BCUT2D eigenvalue weighted by molar-refractivity contribution is 5.25. The molecule has 0 aromatic heterocycles. The van der Waals surface area contributed by atoms with Gasteiger partial charge in [0, 0.05) is 18.0 Å². The van der Waals surface area contributed by atoms with Gasteiger partial charge in [-0.05, 0) is 31.2 Å². The van der Waals surface area contributed by atoms with Crippen LogP contribution in [-0.2, 0) is 5.41 Å². The molecule has 0 bridgehead atoms. The standard InChI is InChI=1S/C15H23N/c1-3-15(4-2,12-16-14-10-11-14)13-8-6-5-7-9-13/h5-9,14,16H,3-4,10-12H2,1-2H3. The minimum absolute atomic E-state index is 0.337. The lowest BCUT2D eigenvalue weighted by molar-refractivity contribution is 0.367. The number of rotatable bonds is 6. The first-order chi connectivity index (χ1) is 7.80. The summed E-state index contributed by atoms with van der Waals surface area (Å²) in [5, 5.41) is 3.70. The topological polar surface area (TPSA) is 12.0 Å². The highest BCUT2D eigenvalue weighted by Crippen LogP contribution is 2.32. The number of nitrogens with one attached hydrogen (secondary N) is 1. The highest BCUT2D eigenvalue weighted by atomic mass is 15.0. The van der Waals surface area contributed by atoms with Crippen molar-refractivity contribution in [2.24, 2.45) is 0 Å². The second-order valence-corrected chi connectivity index (χ2v) is 5.01. The van der Waals surface area contributed by atoms with Crippen molar-refractivity contribution in [1.82, 2.24) is 5.32 Å². The second-order valence-electron chi connectivity index (χ2n) is 5.01. The SMILES string of the molecule is CCC(CC)(CNC1CC1)c1ccccc1. The first-order valence-corrected chi connectivity index (χ1v) is 6.59. The lowest BCUT2D eigenvalue weighted by Gasteiger charge is -2.33. The Balaban J connectivity index is 2.12. The molecule has 0 spiro atoms. The van der Waals surface area contributed by atoms with Crippen molar-refractivity contribution in [2.45, 2.75) is 51.0 Å². The second kappa shape index (κ2) is 5.01. The average molecular weight is 217 g/mol. The van der Waals surface area contributed by atoms with Crippen LogP contribution < -0.4 is 5.32 Å². The summed E-state index contributed by atoms with van der Waals surface area (Å²) in [7, 11) is 0. The number of benzene rings is 1. The van der Waals surface area contributed by atoms with Gasteiger partial charge in [0.2, 0.25) is 0 Å². The molecule has 0 aliphatic heterocycles. The highest BCUT2D eigenvalue weighted by Gasteiger charge is 2.31. The maximum atomic E-state index is 3.70. The molecule has 1 aliphatic carbocycles. The zero-order chi connectivity index (χ0) is 11.4. The molecule has 1 saturated carbocycles. The third-order valence-electron chi connectivity index (χ3n) is 4.05. The first-order valence-electron chi connectivity index (χ1n) is 6.59. The Kier molecular flexibility index (Phi) is 3.65. The van der Waals surface area contributed by atoms with E-state index in [2.05, 4.69) is 49.5 Å². The van der Waals surface area contributed by atoms with Crippen LogP contribution in [0.25, 0.3) is 0 Å². The van der Waals surface area contributed by atoms with Crippen LogP contribution in [0, 0.1) is 0 Å². The van der Waals surface area contributed by atoms with E-state index in [1.165, 1.54) is 31.2 Å². The van der Waals surface area contributed by atoms with Gasteiger partial charge in [0.05, 0.1) is 0 Å². The average Bonchev–Trinajstić information content (AvgIpc) is 3.17. The number of hydrogen-bond donors (Lipinski definition) is 1. The largest absolute Gasteiger partial charge is 0.313 e. The fraction of sp³-hybridized carbons (Fsp3) is 0.600. The molecule has 1 aromatic carbocycles. The van der Waals surface area contributed by atoms with Crippen molar-refractivity contribution < 1.29 is 0 Å². The van der Waals surface area contributed by atoms with Gasteiger partial charge in [-0.2, -0.15) is 0 Å². The summed E-state index contributed by atoms with van der Waals surface area (Å²) in [6.07, 6.45) is 5.18. The van der Waals surface area contributed by atoms with E-state index in [9.17, 15) is 0 Å². The molecular weight excluding hydrogens is 194 g/mol. The normalized spacial score (nSPS) is 16.4. The van der Waals surface area contributed by atoms with E-state index in [-0.39, 0.29) is 0 Å². The van der Waals surface area contributed by atoms with Crippen molar-refractivity contribution >= 4 is 0 Å². The summed E-state index contributed by atoms with van der Waals surface area (Å²) in [6, 6.07) is 11.8. The molecule has 0 atom stereocenters. The summed E-state index contributed by atoms with van der Waals surface area (Å²) >= 11 is 0. The van der Waals surface area contributed by atoms with Crippen LogP contribution in [0.15, 0.2) is 30.3 Å². The van der Waals surface area contributed by atoms with E-state index < -0.39 is 0 Å². The molecule has 0 amide bonds.